The lowest BCUT2D eigenvalue weighted by Gasteiger charge is -2.20. The van der Waals surface area contributed by atoms with Gasteiger partial charge in [-0.2, -0.15) is 5.10 Å². The summed E-state index contributed by atoms with van der Waals surface area (Å²) in [4.78, 5) is 14.8. The number of nitrogens with one attached hydrogen (secondary N) is 1. The molecule has 1 aromatic heterocycles. The molecule has 8 nitrogen and oxygen atoms in total. The second-order valence-electron chi connectivity index (χ2n) is 8.42. The van der Waals surface area contributed by atoms with Crippen LogP contribution in [-0.2, 0) is 4.79 Å². The number of hydrazone groups is 1. The van der Waals surface area contributed by atoms with Crippen molar-refractivity contribution in [3.05, 3.63) is 83.4 Å². The van der Waals surface area contributed by atoms with Crippen molar-refractivity contribution >= 4 is 41.2 Å². The molecular formula is C29H31ClN6O2S. The van der Waals surface area contributed by atoms with Gasteiger partial charge in [0.1, 0.15) is 5.75 Å². The van der Waals surface area contributed by atoms with E-state index in [1.165, 1.54) is 11.8 Å². The molecule has 202 valence electrons. The predicted molar refractivity (Wildman–Crippen MR) is 159 cm³/mol. The molecule has 0 aliphatic heterocycles. The first-order chi connectivity index (χ1) is 19.0. The van der Waals surface area contributed by atoms with E-state index in [0.717, 1.165) is 41.3 Å². The molecule has 4 rings (SSSR count). The van der Waals surface area contributed by atoms with Crippen LogP contribution < -0.4 is 15.1 Å². The van der Waals surface area contributed by atoms with Crippen molar-refractivity contribution in [2.45, 2.75) is 25.9 Å². The van der Waals surface area contributed by atoms with Gasteiger partial charge in [0.2, 0.25) is 0 Å². The fourth-order valence-corrected chi connectivity index (χ4v) is 4.81. The van der Waals surface area contributed by atoms with Crippen LogP contribution in [0.1, 0.15) is 26.3 Å². The number of hydrogen-bond acceptors (Lipinski definition) is 7. The standard InChI is InChI=1S/C29H31ClN6O2S/c1-4-35(5-2)24-13-7-21(8-14-24)19-31-32-27(37)20-39-29-34-33-28(22-9-11-23(30)12-10-22)36(29)25-15-17-26(18-16-25)38-6-3/h7-19H,4-6,20H2,1-3H3,(H,32,37)/b31-19-. The van der Waals surface area contributed by atoms with E-state index in [1.54, 1.807) is 6.21 Å². The van der Waals surface area contributed by atoms with Crippen molar-refractivity contribution in [3.8, 4) is 22.8 Å². The van der Waals surface area contributed by atoms with Gasteiger partial charge in [-0.1, -0.05) is 35.5 Å². The molecule has 3 aromatic carbocycles. The Labute approximate surface area is 238 Å². The van der Waals surface area contributed by atoms with Gasteiger partial charge in [0, 0.05) is 35.1 Å². The lowest BCUT2D eigenvalue weighted by molar-refractivity contribution is -0.118. The maximum atomic E-state index is 12.6. The van der Waals surface area contributed by atoms with E-state index >= 15 is 0 Å². The highest BCUT2D eigenvalue weighted by atomic mass is 35.5. The average Bonchev–Trinajstić information content (AvgIpc) is 3.38. The van der Waals surface area contributed by atoms with Gasteiger partial charge in [0.25, 0.3) is 5.91 Å². The monoisotopic (exact) mass is 562 g/mol. The highest BCUT2D eigenvalue weighted by Crippen LogP contribution is 2.29. The normalized spacial score (nSPS) is 11.1. The van der Waals surface area contributed by atoms with Crippen LogP contribution in [0, 0.1) is 0 Å². The zero-order valence-electron chi connectivity index (χ0n) is 22.2. The number of carbonyl (C=O) groups excluding carboxylic acids is 1. The van der Waals surface area contributed by atoms with Crippen molar-refractivity contribution < 1.29 is 9.53 Å². The number of aromatic nitrogens is 3. The van der Waals surface area contributed by atoms with Gasteiger partial charge in [-0.3, -0.25) is 9.36 Å². The molecule has 1 N–H and O–H groups in total. The lowest BCUT2D eigenvalue weighted by Crippen LogP contribution is -2.21. The van der Waals surface area contributed by atoms with Crippen LogP contribution >= 0.6 is 23.4 Å². The summed E-state index contributed by atoms with van der Waals surface area (Å²) in [6.07, 6.45) is 1.63. The number of thioether (sulfide) groups is 1. The van der Waals surface area contributed by atoms with Crippen molar-refractivity contribution in [1.29, 1.82) is 0 Å². The quantitative estimate of drug-likeness (QED) is 0.128. The molecule has 10 heteroatoms. The summed E-state index contributed by atoms with van der Waals surface area (Å²) in [6, 6.07) is 23.1. The molecule has 0 aliphatic rings. The molecule has 4 aromatic rings. The van der Waals surface area contributed by atoms with Crippen LogP contribution in [0.2, 0.25) is 5.02 Å². The third kappa shape index (κ3) is 7.40. The molecule has 0 bridgehead atoms. The molecule has 0 spiro atoms. The Morgan fingerprint density at radius 3 is 2.33 bits per heavy atom. The van der Waals surface area contributed by atoms with Crippen LogP contribution in [-0.4, -0.2) is 52.3 Å². The Bertz CT molecular complexity index is 1390. The second-order valence-corrected chi connectivity index (χ2v) is 9.80. The number of ether oxygens (including phenoxy) is 1. The van der Waals surface area contributed by atoms with Gasteiger partial charge < -0.3 is 9.64 Å². The Kier molecular flexibility index (Phi) is 9.99. The zero-order chi connectivity index (χ0) is 27.6. The van der Waals surface area contributed by atoms with Gasteiger partial charge in [-0.15, -0.1) is 10.2 Å². The van der Waals surface area contributed by atoms with E-state index in [4.69, 9.17) is 16.3 Å². The average molecular weight is 563 g/mol. The van der Waals surface area contributed by atoms with Crippen LogP contribution in [0.15, 0.2) is 83.1 Å². The van der Waals surface area contributed by atoms with Crippen molar-refractivity contribution in [3.63, 3.8) is 0 Å². The predicted octanol–water partition coefficient (Wildman–Crippen LogP) is 6.08. The number of amides is 1. The summed E-state index contributed by atoms with van der Waals surface area (Å²) < 4.78 is 7.50. The smallest absolute Gasteiger partial charge is 0.250 e. The SMILES string of the molecule is CCOc1ccc(-n2c(SCC(=O)N/N=C\c3ccc(N(CC)CC)cc3)nnc2-c2ccc(Cl)cc2)cc1. The zero-order valence-corrected chi connectivity index (χ0v) is 23.7. The number of halogens is 1. The van der Waals surface area contributed by atoms with Crippen molar-refractivity contribution in [2.24, 2.45) is 5.10 Å². The van der Waals surface area contributed by atoms with Gasteiger partial charge >= 0.3 is 0 Å². The summed E-state index contributed by atoms with van der Waals surface area (Å²) >= 11 is 7.37. The first kappa shape index (κ1) is 28.2. The lowest BCUT2D eigenvalue weighted by atomic mass is 10.2. The highest BCUT2D eigenvalue weighted by Gasteiger charge is 2.17. The Balaban J connectivity index is 1.45. The first-order valence-corrected chi connectivity index (χ1v) is 14.1. The van der Waals surface area contributed by atoms with E-state index in [2.05, 4.69) is 51.6 Å². The van der Waals surface area contributed by atoms with Gasteiger partial charge in [-0.05, 0) is 87.0 Å². The minimum Gasteiger partial charge on any atom is -0.494 e. The summed E-state index contributed by atoms with van der Waals surface area (Å²) in [5.74, 6) is 1.29. The second kappa shape index (κ2) is 13.8. The van der Waals surface area contributed by atoms with E-state index < -0.39 is 0 Å². The molecule has 1 amide bonds. The highest BCUT2D eigenvalue weighted by molar-refractivity contribution is 7.99. The number of hydrogen-bond donors (Lipinski definition) is 1. The first-order valence-electron chi connectivity index (χ1n) is 12.8. The van der Waals surface area contributed by atoms with E-state index in [9.17, 15) is 4.79 Å². The molecule has 0 fully saturated rings. The summed E-state index contributed by atoms with van der Waals surface area (Å²) in [7, 11) is 0. The third-order valence-electron chi connectivity index (χ3n) is 5.90. The maximum Gasteiger partial charge on any atom is 0.250 e. The molecule has 0 unspecified atom stereocenters. The van der Waals surface area contributed by atoms with E-state index in [1.807, 2.05) is 72.2 Å². The molecule has 0 saturated heterocycles. The minimum absolute atomic E-state index is 0.119. The Morgan fingerprint density at radius 2 is 1.69 bits per heavy atom. The molecule has 0 saturated carbocycles. The van der Waals surface area contributed by atoms with Crippen molar-refractivity contribution in [2.75, 3.05) is 30.3 Å². The summed E-state index contributed by atoms with van der Waals surface area (Å²) in [6.45, 7) is 8.69. The van der Waals surface area contributed by atoms with Crippen LogP contribution in [0.25, 0.3) is 17.1 Å². The van der Waals surface area contributed by atoms with E-state index in [-0.39, 0.29) is 11.7 Å². The van der Waals surface area contributed by atoms with Gasteiger partial charge in [-0.25, -0.2) is 5.43 Å². The fraction of sp³-hybridized carbons (Fsp3) is 0.241. The summed E-state index contributed by atoms with van der Waals surface area (Å²) in [5, 5.41) is 14.1. The fourth-order valence-electron chi connectivity index (χ4n) is 3.94. The Morgan fingerprint density at radius 1 is 1.00 bits per heavy atom. The number of carbonyl (C=O) groups is 1. The minimum atomic E-state index is -0.245. The molecule has 0 aliphatic carbocycles. The number of nitrogens with zero attached hydrogens (tertiary/aromatic N) is 5. The molecule has 0 atom stereocenters. The van der Waals surface area contributed by atoms with Gasteiger partial charge in [0.05, 0.1) is 18.6 Å². The number of rotatable bonds is 12. The number of benzene rings is 3. The number of anilines is 1. The Hall–Kier alpha value is -3.82. The van der Waals surface area contributed by atoms with Crippen molar-refractivity contribution in [1.82, 2.24) is 20.2 Å². The van der Waals surface area contributed by atoms with E-state index in [0.29, 0.717) is 22.6 Å². The van der Waals surface area contributed by atoms with Crippen LogP contribution in [0.4, 0.5) is 5.69 Å². The van der Waals surface area contributed by atoms with Gasteiger partial charge in [0.15, 0.2) is 11.0 Å². The molecule has 0 radical (unpaired) electrons. The molecular weight excluding hydrogens is 532 g/mol. The third-order valence-corrected chi connectivity index (χ3v) is 7.08. The maximum absolute atomic E-state index is 12.6. The van der Waals surface area contributed by atoms with Crippen LogP contribution in [0.5, 0.6) is 5.75 Å². The topological polar surface area (TPSA) is 84.6 Å². The molecule has 39 heavy (non-hydrogen) atoms. The van der Waals surface area contributed by atoms with Crippen LogP contribution in [0.3, 0.4) is 0 Å². The molecule has 1 heterocycles. The summed E-state index contributed by atoms with van der Waals surface area (Å²) in [5.41, 5.74) is 6.37. The largest absolute Gasteiger partial charge is 0.494 e.